The van der Waals surface area contributed by atoms with Crippen LogP contribution in [-0.2, 0) is 31.9 Å². The maximum Gasteiger partial charge on any atom is 0.333 e. The van der Waals surface area contributed by atoms with Crippen molar-refractivity contribution in [3.63, 3.8) is 0 Å². The SMILES string of the molecule is CC=C(C)C(=O)OCCCCc1ccc(N(c2ccc(CCCCOC(=O)C(C)=CC)cc2)c2ccc(C)c(C)c2)cc1. The van der Waals surface area contributed by atoms with Gasteiger partial charge in [-0.25, -0.2) is 9.59 Å². The van der Waals surface area contributed by atoms with Gasteiger partial charge >= 0.3 is 11.9 Å². The molecule has 5 heteroatoms. The van der Waals surface area contributed by atoms with E-state index in [4.69, 9.17) is 9.47 Å². The first kappa shape index (κ1) is 33.4. The Kier molecular flexibility index (Phi) is 13.3. The predicted octanol–water partition coefficient (Wildman–Crippen LogP) is 9.44. The Labute approximate surface area is 258 Å². The highest BCUT2D eigenvalue weighted by Gasteiger charge is 2.14. The second kappa shape index (κ2) is 17.1. The molecule has 228 valence electrons. The summed E-state index contributed by atoms with van der Waals surface area (Å²) in [5.41, 5.74) is 9.69. The first-order chi connectivity index (χ1) is 20.7. The van der Waals surface area contributed by atoms with Crippen LogP contribution in [0.4, 0.5) is 17.1 Å². The summed E-state index contributed by atoms with van der Waals surface area (Å²) in [6.45, 7) is 12.4. The Hall–Kier alpha value is -4.12. The zero-order chi connectivity index (χ0) is 31.2. The second-order valence-corrected chi connectivity index (χ2v) is 11.1. The number of carbonyl (C=O) groups is 2. The van der Waals surface area contributed by atoms with Gasteiger partial charge in [-0.05, 0) is 139 Å². The summed E-state index contributed by atoms with van der Waals surface area (Å²) < 4.78 is 10.7. The van der Waals surface area contributed by atoms with Crippen LogP contribution in [0.1, 0.15) is 75.6 Å². The van der Waals surface area contributed by atoms with E-state index in [0.29, 0.717) is 24.4 Å². The molecule has 0 saturated heterocycles. The zero-order valence-electron chi connectivity index (χ0n) is 26.7. The lowest BCUT2D eigenvalue weighted by molar-refractivity contribution is -0.140. The van der Waals surface area contributed by atoms with Gasteiger partial charge in [0.25, 0.3) is 0 Å². The van der Waals surface area contributed by atoms with Crippen LogP contribution in [0.25, 0.3) is 0 Å². The van der Waals surface area contributed by atoms with Crippen LogP contribution < -0.4 is 4.90 Å². The third-order valence-corrected chi connectivity index (χ3v) is 7.83. The second-order valence-electron chi connectivity index (χ2n) is 11.1. The van der Waals surface area contributed by atoms with E-state index in [9.17, 15) is 9.59 Å². The number of benzene rings is 3. The minimum atomic E-state index is -0.232. The smallest absolute Gasteiger partial charge is 0.333 e. The van der Waals surface area contributed by atoms with Gasteiger partial charge in [0.2, 0.25) is 0 Å². The fraction of sp³-hybridized carbons (Fsp3) is 0.368. The predicted molar refractivity (Wildman–Crippen MR) is 177 cm³/mol. The molecular weight excluding hydrogens is 534 g/mol. The molecular formula is C38H47NO4. The van der Waals surface area contributed by atoms with Crippen LogP contribution in [0.3, 0.4) is 0 Å². The summed E-state index contributed by atoms with van der Waals surface area (Å²) in [5.74, 6) is -0.464. The van der Waals surface area contributed by atoms with Crippen molar-refractivity contribution in [3.8, 4) is 0 Å². The maximum atomic E-state index is 11.8. The zero-order valence-corrected chi connectivity index (χ0v) is 26.7. The molecule has 0 N–H and O–H groups in total. The summed E-state index contributed by atoms with van der Waals surface area (Å²) in [4.78, 5) is 25.9. The lowest BCUT2D eigenvalue weighted by Crippen LogP contribution is -2.10. The molecule has 5 nitrogen and oxygen atoms in total. The van der Waals surface area contributed by atoms with Gasteiger partial charge in [-0.1, -0.05) is 42.5 Å². The fourth-order valence-electron chi connectivity index (χ4n) is 4.59. The number of unbranched alkanes of at least 4 members (excludes halogenated alkanes) is 2. The molecule has 0 spiro atoms. The van der Waals surface area contributed by atoms with Crippen LogP contribution in [0, 0.1) is 13.8 Å². The number of nitrogens with zero attached hydrogens (tertiary/aromatic N) is 1. The van der Waals surface area contributed by atoms with Crippen LogP contribution in [0.2, 0.25) is 0 Å². The van der Waals surface area contributed by atoms with Crippen molar-refractivity contribution in [2.45, 2.75) is 80.1 Å². The third kappa shape index (κ3) is 10.3. The fourth-order valence-corrected chi connectivity index (χ4v) is 4.59. The van der Waals surface area contributed by atoms with Crippen molar-refractivity contribution >= 4 is 29.0 Å². The number of hydrogen-bond donors (Lipinski definition) is 0. The highest BCUT2D eigenvalue weighted by molar-refractivity contribution is 5.88. The Bertz CT molecular complexity index is 1320. The summed E-state index contributed by atoms with van der Waals surface area (Å²) >= 11 is 0. The molecule has 3 aromatic rings. The van der Waals surface area contributed by atoms with E-state index in [2.05, 4.69) is 85.5 Å². The van der Waals surface area contributed by atoms with Gasteiger partial charge in [0, 0.05) is 28.2 Å². The first-order valence-corrected chi connectivity index (χ1v) is 15.4. The Morgan fingerprint density at radius 1 is 0.605 bits per heavy atom. The lowest BCUT2D eigenvalue weighted by atomic mass is 10.0. The molecule has 0 radical (unpaired) electrons. The number of ether oxygens (including phenoxy) is 2. The van der Waals surface area contributed by atoms with E-state index in [-0.39, 0.29) is 11.9 Å². The van der Waals surface area contributed by atoms with Crippen LogP contribution in [0.15, 0.2) is 90.0 Å². The van der Waals surface area contributed by atoms with Gasteiger partial charge in [0.1, 0.15) is 0 Å². The van der Waals surface area contributed by atoms with Crippen molar-refractivity contribution < 1.29 is 19.1 Å². The van der Waals surface area contributed by atoms with E-state index >= 15 is 0 Å². The quantitative estimate of drug-likeness (QED) is 0.102. The molecule has 0 bridgehead atoms. The number of aryl methyl sites for hydroxylation is 4. The number of hydrogen-bond acceptors (Lipinski definition) is 5. The number of carbonyl (C=O) groups excluding carboxylic acids is 2. The summed E-state index contributed by atoms with van der Waals surface area (Å²) in [5, 5.41) is 0. The monoisotopic (exact) mass is 581 g/mol. The van der Waals surface area contributed by atoms with Crippen molar-refractivity contribution in [1.29, 1.82) is 0 Å². The van der Waals surface area contributed by atoms with Gasteiger partial charge in [0.15, 0.2) is 0 Å². The molecule has 0 unspecified atom stereocenters. The van der Waals surface area contributed by atoms with Crippen molar-refractivity contribution in [1.82, 2.24) is 0 Å². The Morgan fingerprint density at radius 2 is 1.02 bits per heavy atom. The van der Waals surface area contributed by atoms with Crippen LogP contribution in [-0.4, -0.2) is 25.2 Å². The van der Waals surface area contributed by atoms with Gasteiger partial charge in [-0.2, -0.15) is 0 Å². The molecule has 0 amide bonds. The molecule has 0 aliphatic carbocycles. The standard InChI is InChI=1S/C38H47NO4/c1-7-28(3)37(40)42-25-11-9-13-32-16-21-34(22-17-32)39(36-20-15-30(5)31(6)27-36)35-23-18-33(19-24-35)14-10-12-26-43-38(41)29(4)8-2/h7-8,15-24,27H,9-14,25-26H2,1-6H3. The molecule has 3 aromatic carbocycles. The molecule has 0 aromatic heterocycles. The van der Waals surface area contributed by atoms with E-state index in [1.807, 2.05) is 13.8 Å². The third-order valence-electron chi connectivity index (χ3n) is 7.83. The minimum Gasteiger partial charge on any atom is -0.462 e. The van der Waals surface area contributed by atoms with Gasteiger partial charge in [-0.3, -0.25) is 0 Å². The average molecular weight is 582 g/mol. The first-order valence-electron chi connectivity index (χ1n) is 15.4. The highest BCUT2D eigenvalue weighted by atomic mass is 16.5. The average Bonchev–Trinajstić information content (AvgIpc) is 3.02. The number of esters is 2. The number of anilines is 3. The van der Waals surface area contributed by atoms with Crippen molar-refractivity contribution in [2.24, 2.45) is 0 Å². The lowest BCUT2D eigenvalue weighted by Gasteiger charge is -2.26. The molecule has 0 atom stereocenters. The van der Waals surface area contributed by atoms with E-state index in [1.165, 1.54) is 22.3 Å². The van der Waals surface area contributed by atoms with Crippen molar-refractivity contribution in [3.05, 3.63) is 112 Å². The largest absolute Gasteiger partial charge is 0.462 e. The van der Waals surface area contributed by atoms with Gasteiger partial charge < -0.3 is 14.4 Å². The normalized spacial score (nSPS) is 11.8. The molecule has 43 heavy (non-hydrogen) atoms. The van der Waals surface area contributed by atoms with E-state index in [1.54, 1.807) is 26.0 Å². The Morgan fingerprint density at radius 3 is 1.42 bits per heavy atom. The topological polar surface area (TPSA) is 55.8 Å². The van der Waals surface area contributed by atoms with Crippen molar-refractivity contribution in [2.75, 3.05) is 18.1 Å². The molecule has 3 rings (SSSR count). The molecule has 0 fully saturated rings. The van der Waals surface area contributed by atoms with Crippen LogP contribution in [0.5, 0.6) is 0 Å². The number of rotatable bonds is 15. The molecule has 0 aliphatic heterocycles. The van der Waals surface area contributed by atoms with Gasteiger partial charge in [0.05, 0.1) is 13.2 Å². The maximum absolute atomic E-state index is 11.8. The van der Waals surface area contributed by atoms with E-state index < -0.39 is 0 Å². The molecule has 0 heterocycles. The van der Waals surface area contributed by atoms with E-state index in [0.717, 1.165) is 55.6 Å². The number of allylic oxidation sites excluding steroid dienone is 2. The molecule has 0 aliphatic rings. The van der Waals surface area contributed by atoms with Crippen LogP contribution >= 0.6 is 0 Å². The molecule has 0 saturated carbocycles. The summed E-state index contributed by atoms with van der Waals surface area (Å²) in [6, 6.07) is 24.1. The Balaban J connectivity index is 1.64. The summed E-state index contributed by atoms with van der Waals surface area (Å²) in [7, 11) is 0. The highest BCUT2D eigenvalue weighted by Crippen LogP contribution is 2.35. The minimum absolute atomic E-state index is 0.232. The summed E-state index contributed by atoms with van der Waals surface area (Å²) in [6.07, 6.45) is 9.02. The van der Waals surface area contributed by atoms with Gasteiger partial charge in [-0.15, -0.1) is 0 Å².